The van der Waals surface area contributed by atoms with E-state index in [-0.39, 0.29) is 17.8 Å². The molecule has 1 amide bonds. The van der Waals surface area contributed by atoms with E-state index in [9.17, 15) is 9.18 Å². The van der Waals surface area contributed by atoms with Gasteiger partial charge in [0.15, 0.2) is 0 Å². The van der Waals surface area contributed by atoms with E-state index in [1.807, 2.05) is 7.05 Å². The van der Waals surface area contributed by atoms with E-state index in [4.69, 9.17) is 0 Å². The van der Waals surface area contributed by atoms with Gasteiger partial charge in [-0.1, -0.05) is 12.1 Å². The molecule has 1 aliphatic heterocycles. The Morgan fingerprint density at radius 2 is 2.00 bits per heavy atom. The maximum atomic E-state index is 13.1. The van der Waals surface area contributed by atoms with Gasteiger partial charge in [0.2, 0.25) is 0 Å². The van der Waals surface area contributed by atoms with Crippen LogP contribution in [0.25, 0.3) is 0 Å². The van der Waals surface area contributed by atoms with Gasteiger partial charge in [0.1, 0.15) is 11.5 Å². The molecule has 5 nitrogen and oxygen atoms in total. The fraction of sp³-hybridized carbons (Fsp3) is 0.312. The molecule has 2 aromatic rings. The van der Waals surface area contributed by atoms with Crippen molar-refractivity contribution in [2.75, 3.05) is 26.7 Å². The Labute approximate surface area is 128 Å². The van der Waals surface area contributed by atoms with Gasteiger partial charge in [-0.2, -0.15) is 0 Å². The van der Waals surface area contributed by atoms with Crippen molar-refractivity contribution >= 4 is 5.91 Å². The second-order valence-corrected chi connectivity index (χ2v) is 5.39. The lowest BCUT2D eigenvalue weighted by molar-refractivity contribution is 0.0540. The van der Waals surface area contributed by atoms with Gasteiger partial charge in [-0.05, 0) is 24.7 Å². The molecule has 0 spiro atoms. The number of piperazine rings is 1. The Kier molecular flexibility index (Phi) is 4.11. The molecule has 1 aromatic heterocycles. The van der Waals surface area contributed by atoms with E-state index in [1.54, 1.807) is 23.2 Å². The molecule has 1 atom stereocenters. The van der Waals surface area contributed by atoms with Gasteiger partial charge in [0.05, 0.1) is 12.2 Å². The molecule has 2 heterocycles. The lowest BCUT2D eigenvalue weighted by atomic mass is 10.0. The van der Waals surface area contributed by atoms with Crippen molar-refractivity contribution in [1.29, 1.82) is 0 Å². The van der Waals surface area contributed by atoms with E-state index in [0.29, 0.717) is 18.8 Å². The van der Waals surface area contributed by atoms with Crippen LogP contribution in [0.15, 0.2) is 42.9 Å². The Bertz CT molecular complexity index is 647. The summed E-state index contributed by atoms with van der Waals surface area (Å²) in [5.74, 6) is -0.372. The molecule has 1 unspecified atom stereocenters. The maximum absolute atomic E-state index is 13.1. The van der Waals surface area contributed by atoms with Crippen molar-refractivity contribution in [3.63, 3.8) is 0 Å². The minimum absolute atomic E-state index is 0.0509. The number of rotatable bonds is 2. The molecule has 114 valence electrons. The van der Waals surface area contributed by atoms with Gasteiger partial charge in [-0.25, -0.2) is 9.37 Å². The van der Waals surface area contributed by atoms with Gasteiger partial charge in [-0.15, -0.1) is 0 Å². The predicted molar refractivity (Wildman–Crippen MR) is 79.7 cm³/mol. The van der Waals surface area contributed by atoms with Crippen LogP contribution in [0.5, 0.6) is 0 Å². The molecule has 0 aliphatic carbocycles. The molecule has 1 fully saturated rings. The van der Waals surface area contributed by atoms with Crippen molar-refractivity contribution in [3.05, 3.63) is 59.9 Å². The topological polar surface area (TPSA) is 49.3 Å². The third-order valence-electron chi connectivity index (χ3n) is 3.97. The van der Waals surface area contributed by atoms with Crippen LogP contribution in [-0.2, 0) is 0 Å². The van der Waals surface area contributed by atoms with Gasteiger partial charge >= 0.3 is 0 Å². The van der Waals surface area contributed by atoms with Crippen LogP contribution in [0, 0.1) is 5.82 Å². The molecule has 0 saturated carbocycles. The zero-order valence-corrected chi connectivity index (χ0v) is 12.3. The fourth-order valence-corrected chi connectivity index (χ4v) is 2.67. The number of carbonyl (C=O) groups is 1. The average molecular weight is 300 g/mol. The normalized spacial score (nSPS) is 19.2. The van der Waals surface area contributed by atoms with Gasteiger partial charge in [0.25, 0.3) is 5.91 Å². The zero-order chi connectivity index (χ0) is 15.5. The molecular weight excluding hydrogens is 283 g/mol. The summed E-state index contributed by atoms with van der Waals surface area (Å²) in [7, 11) is 2.01. The Hall–Kier alpha value is -2.34. The smallest absolute Gasteiger partial charge is 0.274 e. The Morgan fingerprint density at radius 3 is 2.68 bits per heavy atom. The molecule has 0 N–H and O–H groups in total. The van der Waals surface area contributed by atoms with Crippen LogP contribution in [-0.4, -0.2) is 52.4 Å². The number of nitrogens with zero attached hydrogens (tertiary/aromatic N) is 4. The average Bonchev–Trinajstić information content (AvgIpc) is 2.56. The number of benzene rings is 1. The van der Waals surface area contributed by atoms with E-state index in [0.717, 1.165) is 12.1 Å². The van der Waals surface area contributed by atoms with E-state index < -0.39 is 0 Å². The quantitative estimate of drug-likeness (QED) is 0.848. The SMILES string of the molecule is CN1CCN(C(=O)c2cnccn2)CC1c1ccc(F)cc1. The number of aromatic nitrogens is 2. The van der Waals surface area contributed by atoms with Crippen molar-refractivity contribution in [1.82, 2.24) is 19.8 Å². The van der Waals surface area contributed by atoms with Crippen LogP contribution in [0.4, 0.5) is 4.39 Å². The molecular formula is C16H17FN4O. The third-order valence-corrected chi connectivity index (χ3v) is 3.97. The van der Waals surface area contributed by atoms with Crippen molar-refractivity contribution in [2.24, 2.45) is 0 Å². The first-order valence-corrected chi connectivity index (χ1v) is 7.16. The highest BCUT2D eigenvalue weighted by Crippen LogP contribution is 2.24. The number of amides is 1. The molecule has 1 saturated heterocycles. The summed E-state index contributed by atoms with van der Waals surface area (Å²) >= 11 is 0. The van der Waals surface area contributed by atoms with Gasteiger partial charge in [-0.3, -0.25) is 14.7 Å². The summed E-state index contributed by atoms with van der Waals surface area (Å²) in [6.45, 7) is 1.95. The number of carbonyl (C=O) groups excluding carboxylic acids is 1. The third kappa shape index (κ3) is 2.96. The summed E-state index contributed by atoms with van der Waals surface area (Å²) in [4.78, 5) is 24.4. The molecule has 0 radical (unpaired) electrons. The molecule has 0 bridgehead atoms. The van der Waals surface area contributed by atoms with Crippen molar-refractivity contribution in [3.8, 4) is 0 Å². The number of hydrogen-bond acceptors (Lipinski definition) is 4. The monoisotopic (exact) mass is 300 g/mol. The first-order chi connectivity index (χ1) is 10.6. The van der Waals surface area contributed by atoms with Crippen LogP contribution in [0.1, 0.15) is 22.1 Å². The molecule has 1 aromatic carbocycles. The van der Waals surface area contributed by atoms with Crippen LogP contribution in [0.3, 0.4) is 0 Å². The van der Waals surface area contributed by atoms with Gasteiger partial charge in [0, 0.05) is 32.0 Å². The highest BCUT2D eigenvalue weighted by molar-refractivity contribution is 5.92. The lowest BCUT2D eigenvalue weighted by Crippen LogP contribution is -2.49. The van der Waals surface area contributed by atoms with Gasteiger partial charge < -0.3 is 4.90 Å². The Morgan fingerprint density at radius 1 is 1.23 bits per heavy atom. The van der Waals surface area contributed by atoms with Crippen LogP contribution < -0.4 is 0 Å². The van der Waals surface area contributed by atoms with Crippen molar-refractivity contribution < 1.29 is 9.18 Å². The Balaban J connectivity index is 1.79. The molecule has 3 rings (SSSR count). The number of hydrogen-bond donors (Lipinski definition) is 0. The first-order valence-electron chi connectivity index (χ1n) is 7.16. The van der Waals surface area contributed by atoms with E-state index >= 15 is 0 Å². The predicted octanol–water partition coefficient (Wildman–Crippen LogP) is 1.74. The summed E-state index contributed by atoms with van der Waals surface area (Å²) < 4.78 is 13.1. The molecule has 6 heteroatoms. The highest BCUT2D eigenvalue weighted by atomic mass is 19.1. The van der Waals surface area contributed by atoms with Crippen molar-refractivity contribution in [2.45, 2.75) is 6.04 Å². The highest BCUT2D eigenvalue weighted by Gasteiger charge is 2.29. The van der Waals surface area contributed by atoms with E-state index in [2.05, 4.69) is 14.9 Å². The zero-order valence-electron chi connectivity index (χ0n) is 12.3. The largest absolute Gasteiger partial charge is 0.334 e. The summed E-state index contributed by atoms with van der Waals surface area (Å²) in [6.07, 6.45) is 4.54. The molecule has 22 heavy (non-hydrogen) atoms. The van der Waals surface area contributed by atoms with E-state index in [1.165, 1.54) is 24.5 Å². The second kappa shape index (κ2) is 6.19. The number of halogens is 1. The lowest BCUT2D eigenvalue weighted by Gasteiger charge is -2.39. The summed E-state index contributed by atoms with van der Waals surface area (Å²) in [6, 6.07) is 6.49. The summed E-state index contributed by atoms with van der Waals surface area (Å²) in [5.41, 5.74) is 1.35. The van der Waals surface area contributed by atoms with Crippen LogP contribution in [0.2, 0.25) is 0 Å². The second-order valence-electron chi connectivity index (χ2n) is 5.39. The molecule has 1 aliphatic rings. The standard InChI is InChI=1S/C16H17FN4O/c1-20-8-9-21(16(22)14-10-18-6-7-19-14)11-15(20)12-2-4-13(17)5-3-12/h2-7,10,15H,8-9,11H2,1H3. The van der Waals surface area contributed by atoms with Crippen LogP contribution >= 0.6 is 0 Å². The minimum atomic E-state index is -0.255. The summed E-state index contributed by atoms with van der Waals surface area (Å²) in [5, 5.41) is 0. The maximum Gasteiger partial charge on any atom is 0.274 e. The first kappa shape index (κ1) is 14.6. The fourth-order valence-electron chi connectivity index (χ4n) is 2.67. The minimum Gasteiger partial charge on any atom is -0.334 e. The number of likely N-dealkylation sites (N-methyl/N-ethyl adjacent to an activating group) is 1.